The number of ether oxygens (including phenoxy) is 1. The molecule has 0 aromatic rings. The number of amides is 2. The zero-order valence-electron chi connectivity index (χ0n) is 9.52. The third-order valence-corrected chi connectivity index (χ3v) is 2.46. The summed E-state index contributed by atoms with van der Waals surface area (Å²) < 4.78 is 4.68. The van der Waals surface area contributed by atoms with E-state index in [1.807, 2.05) is 0 Å². The quantitative estimate of drug-likeness (QED) is 0.718. The zero-order chi connectivity index (χ0) is 12.0. The van der Waals surface area contributed by atoms with E-state index in [0.29, 0.717) is 0 Å². The van der Waals surface area contributed by atoms with Gasteiger partial charge in [0.25, 0.3) is 0 Å². The predicted octanol–water partition coefficient (Wildman–Crippen LogP) is -0.331. The highest BCUT2D eigenvalue weighted by Crippen LogP contribution is 2.07. The Balaban J connectivity index is 2.29. The lowest BCUT2D eigenvalue weighted by Crippen LogP contribution is -2.40. The summed E-state index contributed by atoms with van der Waals surface area (Å²) in [5, 5.41) is 8.48. The molecule has 1 heterocycles. The van der Waals surface area contributed by atoms with E-state index in [9.17, 15) is 9.59 Å². The van der Waals surface area contributed by atoms with Crippen LogP contribution < -0.4 is 0 Å². The van der Waals surface area contributed by atoms with Gasteiger partial charge >= 0.3 is 6.09 Å². The maximum Gasteiger partial charge on any atom is 0.410 e. The van der Waals surface area contributed by atoms with E-state index in [1.165, 1.54) is 11.9 Å². The molecule has 1 aliphatic rings. The number of nitrogens with zero attached hydrogens (tertiary/aromatic N) is 2. The van der Waals surface area contributed by atoms with E-state index >= 15 is 0 Å². The summed E-state index contributed by atoms with van der Waals surface area (Å²) in [7, 11) is 1.51. The second kappa shape index (κ2) is 6.32. The molecule has 0 saturated carbocycles. The molecule has 6 nitrogen and oxygen atoms in total. The highest BCUT2D eigenvalue weighted by atomic mass is 16.6. The second-order valence-corrected chi connectivity index (χ2v) is 3.78. The van der Waals surface area contributed by atoms with Gasteiger partial charge in [-0.25, -0.2) is 4.79 Å². The van der Waals surface area contributed by atoms with Gasteiger partial charge in [0.05, 0.1) is 6.61 Å². The first-order chi connectivity index (χ1) is 7.65. The van der Waals surface area contributed by atoms with Crippen molar-refractivity contribution in [1.29, 1.82) is 0 Å². The fourth-order valence-corrected chi connectivity index (χ4v) is 1.58. The first kappa shape index (κ1) is 12.8. The van der Waals surface area contributed by atoms with E-state index in [4.69, 9.17) is 5.11 Å². The number of carbonyl (C=O) groups is 2. The molecule has 1 saturated heterocycles. The molecule has 0 unspecified atom stereocenters. The number of likely N-dealkylation sites (N-methyl/N-ethyl adjacent to an activating group) is 1. The lowest BCUT2D eigenvalue weighted by Gasteiger charge is -2.20. The number of rotatable bonds is 4. The summed E-state index contributed by atoms with van der Waals surface area (Å²) in [5.41, 5.74) is 0. The summed E-state index contributed by atoms with van der Waals surface area (Å²) in [6.45, 7) is 1.34. The van der Waals surface area contributed by atoms with Crippen LogP contribution >= 0.6 is 0 Å². The van der Waals surface area contributed by atoms with Crippen molar-refractivity contribution >= 4 is 12.0 Å². The predicted molar refractivity (Wildman–Crippen MR) is 56.9 cm³/mol. The summed E-state index contributed by atoms with van der Waals surface area (Å²) in [6.07, 6.45) is 1.48. The molecule has 0 bridgehead atoms. The number of carbonyl (C=O) groups excluding carboxylic acids is 2. The van der Waals surface area contributed by atoms with Gasteiger partial charge in [-0.05, 0) is 12.8 Å². The summed E-state index contributed by atoms with van der Waals surface area (Å²) >= 11 is 0. The van der Waals surface area contributed by atoms with Crippen LogP contribution in [0.25, 0.3) is 0 Å². The number of hydrogen-bond acceptors (Lipinski definition) is 4. The smallest absolute Gasteiger partial charge is 0.410 e. The van der Waals surface area contributed by atoms with Crippen LogP contribution in [-0.4, -0.2) is 66.8 Å². The van der Waals surface area contributed by atoms with E-state index in [0.717, 1.165) is 25.9 Å². The van der Waals surface area contributed by atoms with Gasteiger partial charge in [0.1, 0.15) is 13.2 Å². The largest absolute Gasteiger partial charge is 0.447 e. The summed E-state index contributed by atoms with van der Waals surface area (Å²) in [5.74, 6) is -0.0547. The summed E-state index contributed by atoms with van der Waals surface area (Å²) in [4.78, 5) is 25.9. The van der Waals surface area contributed by atoms with Gasteiger partial charge in [-0.3, -0.25) is 4.79 Å². The maximum absolute atomic E-state index is 11.7. The molecule has 1 fully saturated rings. The van der Waals surface area contributed by atoms with Gasteiger partial charge in [0.15, 0.2) is 0 Å². The van der Waals surface area contributed by atoms with Crippen LogP contribution in [0.4, 0.5) is 4.79 Å². The first-order valence-corrected chi connectivity index (χ1v) is 5.41. The topological polar surface area (TPSA) is 70.1 Å². The van der Waals surface area contributed by atoms with Crippen molar-refractivity contribution in [1.82, 2.24) is 9.80 Å². The Morgan fingerprint density at radius 3 is 2.56 bits per heavy atom. The fourth-order valence-electron chi connectivity index (χ4n) is 1.58. The standard InChI is InChI=1S/C10H18N2O4/c1-11(10(15)16-7-6-13)8-9(14)12-4-2-3-5-12/h13H,2-8H2,1H3. The molecule has 0 atom stereocenters. The highest BCUT2D eigenvalue weighted by Gasteiger charge is 2.21. The van der Waals surface area contributed by atoms with Crippen molar-refractivity contribution in [3.05, 3.63) is 0 Å². The Morgan fingerprint density at radius 2 is 2.00 bits per heavy atom. The van der Waals surface area contributed by atoms with Crippen molar-refractivity contribution in [2.24, 2.45) is 0 Å². The van der Waals surface area contributed by atoms with E-state index in [1.54, 1.807) is 4.90 Å². The number of aliphatic hydroxyl groups is 1. The first-order valence-electron chi connectivity index (χ1n) is 5.41. The molecule has 1 aliphatic heterocycles. The Morgan fingerprint density at radius 1 is 1.38 bits per heavy atom. The Labute approximate surface area is 94.8 Å². The van der Waals surface area contributed by atoms with Crippen molar-refractivity contribution in [3.63, 3.8) is 0 Å². The molecule has 1 rings (SSSR count). The molecule has 0 aliphatic carbocycles. The van der Waals surface area contributed by atoms with Crippen LogP contribution in [0, 0.1) is 0 Å². The average molecular weight is 230 g/mol. The minimum Gasteiger partial charge on any atom is -0.447 e. The highest BCUT2D eigenvalue weighted by molar-refractivity contribution is 5.82. The van der Waals surface area contributed by atoms with Gasteiger partial charge in [0, 0.05) is 20.1 Å². The monoisotopic (exact) mass is 230 g/mol. The van der Waals surface area contributed by atoms with Crippen LogP contribution in [-0.2, 0) is 9.53 Å². The van der Waals surface area contributed by atoms with E-state index in [2.05, 4.69) is 4.74 Å². The molecule has 1 N–H and O–H groups in total. The van der Waals surface area contributed by atoms with Crippen LogP contribution in [0.2, 0.25) is 0 Å². The molecule has 16 heavy (non-hydrogen) atoms. The molecule has 0 aromatic carbocycles. The molecular weight excluding hydrogens is 212 g/mol. The molecule has 0 radical (unpaired) electrons. The molecule has 0 aromatic heterocycles. The SMILES string of the molecule is CN(CC(=O)N1CCCC1)C(=O)OCCO. The fraction of sp³-hybridized carbons (Fsp3) is 0.800. The van der Waals surface area contributed by atoms with Gasteiger partial charge in [-0.15, -0.1) is 0 Å². The molecule has 2 amide bonds. The van der Waals surface area contributed by atoms with Crippen molar-refractivity contribution in [3.8, 4) is 0 Å². The van der Waals surface area contributed by atoms with Crippen molar-refractivity contribution in [2.75, 3.05) is 39.9 Å². The molecular formula is C10H18N2O4. The Bertz CT molecular complexity index is 251. The molecule has 92 valence electrons. The lowest BCUT2D eigenvalue weighted by atomic mass is 10.4. The van der Waals surface area contributed by atoms with Crippen molar-refractivity contribution in [2.45, 2.75) is 12.8 Å². The van der Waals surface area contributed by atoms with Gasteiger partial charge < -0.3 is 19.6 Å². The normalized spacial score (nSPS) is 15.0. The van der Waals surface area contributed by atoms with Crippen molar-refractivity contribution < 1.29 is 19.4 Å². The summed E-state index contributed by atoms with van der Waals surface area (Å²) in [6, 6.07) is 0. The van der Waals surface area contributed by atoms with Gasteiger partial charge in [0.2, 0.25) is 5.91 Å². The van der Waals surface area contributed by atoms with Crippen LogP contribution in [0.5, 0.6) is 0 Å². The Hall–Kier alpha value is -1.30. The molecule has 0 spiro atoms. The van der Waals surface area contributed by atoms with Crippen LogP contribution in [0.15, 0.2) is 0 Å². The third kappa shape index (κ3) is 3.69. The maximum atomic E-state index is 11.7. The average Bonchev–Trinajstić information content (AvgIpc) is 2.79. The van der Waals surface area contributed by atoms with E-state index in [-0.39, 0.29) is 25.7 Å². The molecule has 6 heteroatoms. The third-order valence-electron chi connectivity index (χ3n) is 2.46. The van der Waals surface area contributed by atoms with E-state index < -0.39 is 6.09 Å². The van der Waals surface area contributed by atoms with Crippen LogP contribution in [0.1, 0.15) is 12.8 Å². The zero-order valence-corrected chi connectivity index (χ0v) is 9.52. The van der Waals surface area contributed by atoms with Crippen LogP contribution in [0.3, 0.4) is 0 Å². The minimum absolute atomic E-state index is 0.0320. The second-order valence-electron chi connectivity index (χ2n) is 3.78. The van der Waals surface area contributed by atoms with Gasteiger partial charge in [-0.2, -0.15) is 0 Å². The number of hydrogen-bond donors (Lipinski definition) is 1. The number of likely N-dealkylation sites (tertiary alicyclic amines) is 1. The number of aliphatic hydroxyl groups excluding tert-OH is 1. The minimum atomic E-state index is -0.582. The lowest BCUT2D eigenvalue weighted by molar-refractivity contribution is -0.130. The van der Waals surface area contributed by atoms with Gasteiger partial charge in [-0.1, -0.05) is 0 Å². The Kier molecular flexibility index (Phi) is 5.04.